The Labute approximate surface area is 174 Å². The van der Waals surface area contributed by atoms with E-state index in [2.05, 4.69) is 15.0 Å². The van der Waals surface area contributed by atoms with Crippen LogP contribution in [0.2, 0.25) is 5.15 Å². The number of rotatable bonds is 7. The molecule has 2 rings (SSSR count). The molecule has 0 aliphatic heterocycles. The number of aromatic nitrogens is 1. The smallest absolute Gasteiger partial charge is 0.329 e. The summed E-state index contributed by atoms with van der Waals surface area (Å²) in [5.41, 5.74) is 6.80. The highest BCUT2D eigenvalue weighted by Gasteiger charge is 2.31. The molecule has 0 radical (unpaired) electrons. The Morgan fingerprint density at radius 1 is 1.24 bits per heavy atom. The van der Waals surface area contributed by atoms with Crippen molar-refractivity contribution in [3.8, 4) is 0 Å². The van der Waals surface area contributed by atoms with E-state index < -0.39 is 35.5 Å². The lowest BCUT2D eigenvalue weighted by molar-refractivity contribution is -0.161. The lowest BCUT2D eigenvalue weighted by Gasteiger charge is -2.25. The maximum Gasteiger partial charge on any atom is 0.329 e. The van der Waals surface area contributed by atoms with Gasteiger partial charge in [-0.15, -0.1) is 0 Å². The molecule has 0 saturated carbocycles. The highest BCUT2D eigenvalue weighted by molar-refractivity contribution is 6.31. The molecular formula is C20H26ClN3O5. The fourth-order valence-electron chi connectivity index (χ4n) is 2.77. The predicted octanol–water partition coefficient (Wildman–Crippen LogP) is 2.08. The summed E-state index contributed by atoms with van der Waals surface area (Å²) in [7, 11) is 1.20. The van der Waals surface area contributed by atoms with Crippen molar-refractivity contribution in [3.05, 3.63) is 35.0 Å². The van der Waals surface area contributed by atoms with Gasteiger partial charge in [0.2, 0.25) is 5.91 Å². The van der Waals surface area contributed by atoms with Crippen molar-refractivity contribution in [2.75, 3.05) is 7.11 Å². The van der Waals surface area contributed by atoms with Gasteiger partial charge in [0, 0.05) is 17.3 Å². The third kappa shape index (κ3) is 6.20. The first-order chi connectivity index (χ1) is 13.5. The van der Waals surface area contributed by atoms with Crippen molar-refractivity contribution in [2.45, 2.75) is 51.3 Å². The Hall–Kier alpha value is -2.58. The van der Waals surface area contributed by atoms with E-state index >= 15 is 0 Å². The van der Waals surface area contributed by atoms with Crippen LogP contribution in [0.1, 0.15) is 32.8 Å². The molecular weight excluding hydrogens is 398 g/mol. The second-order valence-electron chi connectivity index (χ2n) is 7.65. The van der Waals surface area contributed by atoms with Gasteiger partial charge in [-0.3, -0.25) is 9.59 Å². The summed E-state index contributed by atoms with van der Waals surface area (Å²) in [6, 6.07) is 5.26. The number of hydrogen-bond acceptors (Lipinski definition) is 6. The molecule has 0 aliphatic carbocycles. The zero-order valence-electron chi connectivity index (χ0n) is 16.9. The molecule has 0 aliphatic rings. The molecule has 29 heavy (non-hydrogen) atoms. The number of para-hydroxylation sites is 1. The van der Waals surface area contributed by atoms with Crippen molar-refractivity contribution in [2.24, 2.45) is 5.73 Å². The zero-order valence-corrected chi connectivity index (χ0v) is 17.6. The maximum atomic E-state index is 12.6. The van der Waals surface area contributed by atoms with Crippen molar-refractivity contribution in [3.63, 3.8) is 0 Å². The molecule has 1 aromatic carbocycles. The third-order valence-electron chi connectivity index (χ3n) is 4.13. The largest absolute Gasteiger partial charge is 0.469 e. The van der Waals surface area contributed by atoms with Crippen LogP contribution in [0.4, 0.5) is 0 Å². The van der Waals surface area contributed by atoms with E-state index in [0.29, 0.717) is 10.7 Å². The summed E-state index contributed by atoms with van der Waals surface area (Å²) in [6.45, 7) is 5.06. The Bertz CT molecular complexity index is 903. The molecule has 1 aromatic heterocycles. The molecule has 9 heteroatoms. The SMILES string of the molecule is COC(=O)C[C@@H](NC(=O)[C@H](N)Cc1c(Cl)[nH]c2ccccc12)C(=O)OC(C)(C)C. The van der Waals surface area contributed by atoms with E-state index in [1.54, 1.807) is 20.8 Å². The number of methoxy groups -OCH3 is 1. The number of amides is 1. The van der Waals surface area contributed by atoms with Crippen LogP contribution in [-0.4, -0.2) is 47.6 Å². The molecule has 0 bridgehead atoms. The Morgan fingerprint density at radius 2 is 1.90 bits per heavy atom. The van der Waals surface area contributed by atoms with Gasteiger partial charge < -0.3 is 25.5 Å². The summed E-state index contributed by atoms with van der Waals surface area (Å²) < 4.78 is 9.88. The Kier molecular flexibility index (Phi) is 7.26. The minimum atomic E-state index is -1.21. The average Bonchev–Trinajstić information content (AvgIpc) is 2.94. The number of esters is 2. The summed E-state index contributed by atoms with van der Waals surface area (Å²) in [5.74, 6) is -2.01. The molecule has 1 amide bonds. The Balaban J connectivity index is 2.13. The fourth-order valence-corrected chi connectivity index (χ4v) is 3.06. The summed E-state index contributed by atoms with van der Waals surface area (Å²) in [4.78, 5) is 39.7. The second-order valence-corrected chi connectivity index (χ2v) is 8.03. The molecule has 0 fully saturated rings. The van der Waals surface area contributed by atoms with Gasteiger partial charge in [-0.1, -0.05) is 29.8 Å². The minimum Gasteiger partial charge on any atom is -0.469 e. The van der Waals surface area contributed by atoms with Crippen molar-refractivity contribution in [1.82, 2.24) is 10.3 Å². The van der Waals surface area contributed by atoms with Gasteiger partial charge in [0.05, 0.1) is 19.6 Å². The normalized spacial score (nSPS) is 13.6. The number of fused-ring (bicyclic) bond motifs is 1. The van der Waals surface area contributed by atoms with E-state index in [9.17, 15) is 14.4 Å². The van der Waals surface area contributed by atoms with Gasteiger partial charge in [0.15, 0.2) is 0 Å². The highest BCUT2D eigenvalue weighted by atomic mass is 35.5. The zero-order chi connectivity index (χ0) is 21.8. The predicted molar refractivity (Wildman–Crippen MR) is 109 cm³/mol. The van der Waals surface area contributed by atoms with Crippen LogP contribution in [-0.2, 0) is 30.3 Å². The number of aromatic amines is 1. The van der Waals surface area contributed by atoms with Crippen molar-refractivity contribution in [1.29, 1.82) is 0 Å². The molecule has 2 atom stereocenters. The number of carbonyl (C=O) groups is 3. The van der Waals surface area contributed by atoms with Crippen LogP contribution < -0.4 is 11.1 Å². The molecule has 2 aromatic rings. The van der Waals surface area contributed by atoms with Gasteiger partial charge in [0.25, 0.3) is 0 Å². The highest BCUT2D eigenvalue weighted by Crippen LogP contribution is 2.27. The number of carbonyl (C=O) groups excluding carboxylic acids is 3. The van der Waals surface area contributed by atoms with Crippen LogP contribution in [0.15, 0.2) is 24.3 Å². The fraction of sp³-hybridized carbons (Fsp3) is 0.450. The van der Waals surface area contributed by atoms with Gasteiger partial charge in [0.1, 0.15) is 16.8 Å². The van der Waals surface area contributed by atoms with Gasteiger partial charge in [-0.2, -0.15) is 0 Å². The number of H-pyrrole nitrogens is 1. The first kappa shape index (κ1) is 22.7. The standard InChI is InChI=1S/C20H26ClN3O5/c1-20(2,3)29-19(27)15(10-16(25)28-4)24-18(26)13(22)9-12-11-7-5-6-8-14(11)23-17(12)21/h5-8,13,15,23H,9-10,22H2,1-4H3,(H,24,26)/t13-,15-/m1/s1. The monoisotopic (exact) mass is 423 g/mol. The second kappa shape index (κ2) is 9.28. The molecule has 4 N–H and O–H groups in total. The first-order valence-corrected chi connectivity index (χ1v) is 9.50. The topological polar surface area (TPSA) is 124 Å². The molecule has 8 nitrogen and oxygen atoms in total. The number of halogens is 1. The van der Waals surface area contributed by atoms with Crippen molar-refractivity contribution < 1.29 is 23.9 Å². The molecule has 158 valence electrons. The van der Waals surface area contributed by atoms with E-state index in [1.807, 2.05) is 24.3 Å². The van der Waals surface area contributed by atoms with E-state index in [4.69, 9.17) is 22.1 Å². The van der Waals surface area contributed by atoms with Gasteiger partial charge in [-0.05, 0) is 32.4 Å². The molecule has 0 spiro atoms. The van der Waals surface area contributed by atoms with Crippen molar-refractivity contribution >= 4 is 40.3 Å². The number of benzene rings is 1. The lowest BCUT2D eigenvalue weighted by Crippen LogP contribution is -2.51. The summed E-state index contributed by atoms with van der Waals surface area (Å²) in [5, 5.41) is 3.75. The molecule has 0 saturated heterocycles. The van der Waals surface area contributed by atoms with Crippen LogP contribution in [0, 0.1) is 0 Å². The van der Waals surface area contributed by atoms with E-state index in [0.717, 1.165) is 10.9 Å². The molecule has 1 heterocycles. The number of hydrogen-bond donors (Lipinski definition) is 3. The third-order valence-corrected chi connectivity index (χ3v) is 4.45. The van der Waals surface area contributed by atoms with Crippen LogP contribution in [0.3, 0.4) is 0 Å². The van der Waals surface area contributed by atoms with E-state index in [-0.39, 0.29) is 12.8 Å². The number of nitrogens with two attached hydrogens (primary N) is 1. The first-order valence-electron chi connectivity index (χ1n) is 9.12. The van der Waals surface area contributed by atoms with Crippen LogP contribution >= 0.6 is 11.6 Å². The number of nitrogens with one attached hydrogen (secondary N) is 2. The Morgan fingerprint density at radius 3 is 2.52 bits per heavy atom. The number of ether oxygens (including phenoxy) is 2. The molecule has 0 unspecified atom stereocenters. The maximum absolute atomic E-state index is 12.6. The summed E-state index contributed by atoms with van der Waals surface area (Å²) in [6.07, 6.45) is -0.217. The quantitative estimate of drug-likeness (QED) is 0.586. The lowest BCUT2D eigenvalue weighted by atomic mass is 10.0. The van der Waals surface area contributed by atoms with Gasteiger partial charge >= 0.3 is 11.9 Å². The van der Waals surface area contributed by atoms with Gasteiger partial charge in [-0.25, -0.2) is 4.79 Å². The average molecular weight is 424 g/mol. The van der Waals surface area contributed by atoms with E-state index in [1.165, 1.54) is 7.11 Å². The minimum absolute atomic E-state index is 0.147. The van der Waals surface area contributed by atoms with Crippen LogP contribution in [0.25, 0.3) is 10.9 Å². The summed E-state index contributed by atoms with van der Waals surface area (Å²) >= 11 is 6.25. The van der Waals surface area contributed by atoms with Crippen LogP contribution in [0.5, 0.6) is 0 Å².